The van der Waals surface area contributed by atoms with Crippen molar-refractivity contribution in [2.45, 2.75) is 44.9 Å². The molecule has 0 bridgehead atoms. The van der Waals surface area contributed by atoms with Crippen molar-refractivity contribution in [3.05, 3.63) is 96.1 Å². The van der Waals surface area contributed by atoms with Gasteiger partial charge in [-0.2, -0.15) is 0 Å². The van der Waals surface area contributed by atoms with Crippen LogP contribution in [0.25, 0.3) is 11.1 Å². The Morgan fingerprint density at radius 3 is 2.17 bits per heavy atom. The zero-order valence-electron chi connectivity index (χ0n) is 19.9. The molecule has 0 saturated carbocycles. The van der Waals surface area contributed by atoms with E-state index in [0.29, 0.717) is 19.4 Å². The summed E-state index contributed by atoms with van der Waals surface area (Å²) in [6.45, 7) is 2.03. The van der Waals surface area contributed by atoms with E-state index in [9.17, 15) is 14.4 Å². The molecule has 0 aromatic heterocycles. The number of likely N-dealkylation sites (tertiary alicyclic amines) is 1. The molecule has 6 heteroatoms. The zero-order valence-corrected chi connectivity index (χ0v) is 19.9. The van der Waals surface area contributed by atoms with Gasteiger partial charge in [-0.3, -0.25) is 9.59 Å². The van der Waals surface area contributed by atoms with Gasteiger partial charge in [-0.05, 0) is 35.1 Å². The van der Waals surface area contributed by atoms with Crippen molar-refractivity contribution in [1.29, 1.82) is 0 Å². The molecular formula is C29H30N2O4. The first-order valence-electron chi connectivity index (χ1n) is 11.9. The van der Waals surface area contributed by atoms with Crippen LogP contribution in [-0.2, 0) is 32.1 Å². The molecular weight excluding hydrogens is 440 g/mol. The Hall–Kier alpha value is -3.93. The van der Waals surface area contributed by atoms with Crippen LogP contribution in [0.1, 0.15) is 30.9 Å². The predicted octanol–water partition coefficient (Wildman–Crippen LogP) is 4.14. The summed E-state index contributed by atoms with van der Waals surface area (Å²) >= 11 is 0. The van der Waals surface area contributed by atoms with Crippen LogP contribution in [0.15, 0.2) is 84.9 Å². The van der Waals surface area contributed by atoms with Gasteiger partial charge in [0.1, 0.15) is 18.7 Å². The largest absolute Gasteiger partial charge is 0.459 e. The lowest BCUT2D eigenvalue weighted by atomic mass is 10.00. The first-order chi connectivity index (χ1) is 17.0. The van der Waals surface area contributed by atoms with Crippen LogP contribution in [0.3, 0.4) is 0 Å². The van der Waals surface area contributed by atoms with Crippen LogP contribution in [-0.4, -0.2) is 41.3 Å². The number of esters is 1. The number of rotatable bonds is 8. The van der Waals surface area contributed by atoms with Gasteiger partial charge in [0.15, 0.2) is 0 Å². The summed E-state index contributed by atoms with van der Waals surface area (Å²) in [6, 6.07) is 26.1. The fourth-order valence-electron chi connectivity index (χ4n) is 4.45. The molecule has 1 aliphatic heterocycles. The number of carbonyl (C=O) groups excluding carboxylic acids is 3. The maximum atomic E-state index is 13.5. The van der Waals surface area contributed by atoms with Crippen molar-refractivity contribution in [3.63, 3.8) is 0 Å². The number of ether oxygens (including phenoxy) is 1. The van der Waals surface area contributed by atoms with E-state index in [1.165, 1.54) is 6.92 Å². The minimum absolute atomic E-state index is 0.168. The topological polar surface area (TPSA) is 75.7 Å². The van der Waals surface area contributed by atoms with Gasteiger partial charge in [0, 0.05) is 19.9 Å². The molecule has 3 aromatic rings. The lowest BCUT2D eigenvalue weighted by Gasteiger charge is -2.28. The monoisotopic (exact) mass is 470 g/mol. The van der Waals surface area contributed by atoms with Crippen LogP contribution in [0, 0.1) is 0 Å². The Kier molecular flexibility index (Phi) is 7.93. The van der Waals surface area contributed by atoms with E-state index in [4.69, 9.17) is 4.74 Å². The highest BCUT2D eigenvalue weighted by molar-refractivity contribution is 5.91. The van der Waals surface area contributed by atoms with Gasteiger partial charge in [-0.1, -0.05) is 84.9 Å². The average molecular weight is 471 g/mol. The van der Waals surface area contributed by atoms with Crippen molar-refractivity contribution in [2.24, 2.45) is 0 Å². The van der Waals surface area contributed by atoms with E-state index in [0.717, 1.165) is 28.7 Å². The second-order valence-electron chi connectivity index (χ2n) is 8.80. The second kappa shape index (κ2) is 11.5. The van der Waals surface area contributed by atoms with E-state index in [2.05, 4.69) is 5.32 Å². The molecule has 3 aromatic carbocycles. The Morgan fingerprint density at radius 2 is 1.51 bits per heavy atom. The summed E-state index contributed by atoms with van der Waals surface area (Å²) in [4.78, 5) is 39.7. The first-order valence-corrected chi connectivity index (χ1v) is 11.9. The van der Waals surface area contributed by atoms with Crippen molar-refractivity contribution in [2.75, 3.05) is 6.54 Å². The maximum Gasteiger partial charge on any atom is 0.329 e. The van der Waals surface area contributed by atoms with Gasteiger partial charge in [-0.15, -0.1) is 0 Å². The minimum Gasteiger partial charge on any atom is -0.459 e. The van der Waals surface area contributed by atoms with Crippen LogP contribution >= 0.6 is 0 Å². The highest BCUT2D eigenvalue weighted by Gasteiger charge is 2.38. The molecule has 1 heterocycles. The molecule has 0 unspecified atom stereocenters. The van der Waals surface area contributed by atoms with Crippen LogP contribution < -0.4 is 5.32 Å². The molecule has 6 nitrogen and oxygen atoms in total. The van der Waals surface area contributed by atoms with Gasteiger partial charge < -0.3 is 15.0 Å². The molecule has 180 valence electrons. The smallest absolute Gasteiger partial charge is 0.329 e. The molecule has 0 spiro atoms. The number of carbonyl (C=O) groups is 3. The molecule has 1 N–H and O–H groups in total. The van der Waals surface area contributed by atoms with Gasteiger partial charge >= 0.3 is 5.97 Å². The summed E-state index contributed by atoms with van der Waals surface area (Å²) in [5.41, 5.74) is 4.02. The van der Waals surface area contributed by atoms with Crippen LogP contribution in [0.5, 0.6) is 0 Å². The lowest BCUT2D eigenvalue weighted by molar-refractivity contribution is -0.155. The van der Waals surface area contributed by atoms with Crippen LogP contribution in [0.4, 0.5) is 0 Å². The summed E-state index contributed by atoms with van der Waals surface area (Å²) in [6.07, 6.45) is 1.61. The molecule has 1 saturated heterocycles. The standard InChI is InChI=1S/C29H30N2O4/c1-21(32)30-26(19-22-14-16-25(17-15-22)24-11-6-3-7-12-24)28(33)31-18-8-13-27(31)29(34)35-20-23-9-4-2-5-10-23/h2-7,9-12,14-17,26-27H,8,13,18-20H2,1H3,(H,30,32)/t26-,27+/m1/s1. The third-order valence-corrected chi connectivity index (χ3v) is 6.21. The zero-order chi connectivity index (χ0) is 24.6. The normalized spacial score (nSPS) is 15.9. The van der Waals surface area contributed by atoms with Crippen molar-refractivity contribution >= 4 is 17.8 Å². The third-order valence-electron chi connectivity index (χ3n) is 6.21. The molecule has 1 fully saturated rings. The quantitative estimate of drug-likeness (QED) is 0.502. The summed E-state index contributed by atoms with van der Waals surface area (Å²) < 4.78 is 5.51. The highest BCUT2D eigenvalue weighted by Crippen LogP contribution is 2.23. The van der Waals surface area contributed by atoms with E-state index in [1.807, 2.05) is 84.9 Å². The predicted molar refractivity (Wildman–Crippen MR) is 134 cm³/mol. The van der Waals surface area contributed by atoms with Gasteiger partial charge in [0.25, 0.3) is 0 Å². The SMILES string of the molecule is CC(=O)N[C@H](Cc1ccc(-c2ccccc2)cc1)C(=O)N1CCC[C@H]1C(=O)OCc1ccccc1. The maximum absolute atomic E-state index is 13.5. The molecule has 0 radical (unpaired) electrons. The molecule has 0 aliphatic carbocycles. The van der Waals surface area contributed by atoms with Crippen LogP contribution in [0.2, 0.25) is 0 Å². The van der Waals surface area contributed by atoms with Gasteiger partial charge in [0.2, 0.25) is 11.8 Å². The summed E-state index contributed by atoms with van der Waals surface area (Å²) in [7, 11) is 0. The Balaban J connectivity index is 1.43. The van der Waals surface area contributed by atoms with E-state index in [1.54, 1.807) is 4.90 Å². The fraction of sp³-hybridized carbons (Fsp3) is 0.276. The number of hydrogen-bond acceptors (Lipinski definition) is 4. The Bertz CT molecular complexity index is 1150. The van der Waals surface area contributed by atoms with Gasteiger partial charge in [0.05, 0.1) is 0 Å². The lowest BCUT2D eigenvalue weighted by Crippen LogP contribution is -2.52. The number of nitrogens with one attached hydrogen (secondary N) is 1. The van der Waals surface area contributed by atoms with E-state index >= 15 is 0 Å². The van der Waals surface area contributed by atoms with E-state index < -0.39 is 18.1 Å². The third kappa shape index (κ3) is 6.35. The Labute approximate surface area is 205 Å². The number of benzene rings is 3. The summed E-state index contributed by atoms with van der Waals surface area (Å²) in [5.74, 6) is -0.952. The van der Waals surface area contributed by atoms with E-state index in [-0.39, 0.29) is 18.4 Å². The number of hydrogen-bond donors (Lipinski definition) is 1. The number of amides is 2. The van der Waals surface area contributed by atoms with Gasteiger partial charge in [-0.25, -0.2) is 4.79 Å². The minimum atomic E-state index is -0.752. The first kappa shape index (κ1) is 24.2. The fourth-order valence-corrected chi connectivity index (χ4v) is 4.45. The molecule has 1 aliphatic rings. The van der Waals surface area contributed by atoms with Crippen molar-refractivity contribution < 1.29 is 19.1 Å². The highest BCUT2D eigenvalue weighted by atomic mass is 16.5. The molecule has 35 heavy (non-hydrogen) atoms. The second-order valence-corrected chi connectivity index (χ2v) is 8.80. The molecule has 4 rings (SSSR count). The average Bonchev–Trinajstić information content (AvgIpc) is 3.38. The number of nitrogens with zero attached hydrogens (tertiary/aromatic N) is 1. The van der Waals surface area contributed by atoms with Crippen molar-refractivity contribution in [3.8, 4) is 11.1 Å². The van der Waals surface area contributed by atoms with Crippen molar-refractivity contribution in [1.82, 2.24) is 10.2 Å². The Morgan fingerprint density at radius 1 is 0.886 bits per heavy atom. The summed E-state index contributed by atoms with van der Waals surface area (Å²) in [5, 5.41) is 2.79. The molecule has 2 atom stereocenters. The molecule has 2 amide bonds.